The van der Waals surface area contributed by atoms with Gasteiger partial charge >= 0.3 is 0 Å². The number of methoxy groups -OCH3 is 1. The standard InChI is InChI=1S/C24H26N4O5S/c1-31-22-4-2-3-5-23(22)33-19-6-8-20(9-7-19)34(29,30)28-11-10-18-16-25-24(26-21(18)17-28)27-12-14-32-15-13-27/h2-9,16H,10-15,17H2,1H3. The van der Waals surface area contributed by atoms with Crippen LogP contribution in [-0.4, -0.2) is 62.6 Å². The second-order valence-electron chi connectivity index (χ2n) is 8.05. The summed E-state index contributed by atoms with van der Waals surface area (Å²) in [5.41, 5.74) is 1.74. The molecule has 1 aromatic heterocycles. The van der Waals surface area contributed by atoms with Gasteiger partial charge in [-0.2, -0.15) is 4.31 Å². The topological polar surface area (TPSA) is 94.1 Å². The lowest BCUT2D eigenvalue weighted by Crippen LogP contribution is -2.39. The van der Waals surface area contributed by atoms with Gasteiger partial charge < -0.3 is 19.1 Å². The highest BCUT2D eigenvalue weighted by Gasteiger charge is 2.30. The van der Waals surface area contributed by atoms with Gasteiger partial charge in [-0.25, -0.2) is 18.4 Å². The molecule has 0 amide bonds. The molecule has 0 aliphatic carbocycles. The van der Waals surface area contributed by atoms with E-state index in [1.807, 2.05) is 18.3 Å². The third-order valence-electron chi connectivity index (χ3n) is 5.95. The van der Waals surface area contributed by atoms with E-state index in [1.54, 1.807) is 43.5 Å². The number of rotatable bonds is 6. The van der Waals surface area contributed by atoms with Crippen LogP contribution in [0.25, 0.3) is 0 Å². The molecule has 3 heterocycles. The van der Waals surface area contributed by atoms with Gasteiger partial charge in [-0.05, 0) is 48.4 Å². The fourth-order valence-electron chi connectivity index (χ4n) is 4.05. The quantitative estimate of drug-likeness (QED) is 0.530. The molecule has 5 rings (SSSR count). The molecule has 0 spiro atoms. The van der Waals surface area contributed by atoms with Crippen LogP contribution < -0.4 is 14.4 Å². The zero-order valence-electron chi connectivity index (χ0n) is 18.9. The Hall–Kier alpha value is -3.21. The Labute approximate surface area is 199 Å². The molecule has 2 aliphatic rings. The molecule has 0 N–H and O–H groups in total. The Kier molecular flexibility index (Phi) is 6.36. The minimum atomic E-state index is -3.69. The first-order chi connectivity index (χ1) is 16.5. The maximum Gasteiger partial charge on any atom is 0.243 e. The smallest absolute Gasteiger partial charge is 0.243 e. The van der Waals surface area contributed by atoms with Crippen LogP contribution in [0.5, 0.6) is 17.2 Å². The van der Waals surface area contributed by atoms with Crippen molar-refractivity contribution in [1.82, 2.24) is 14.3 Å². The van der Waals surface area contributed by atoms with Gasteiger partial charge in [-0.15, -0.1) is 0 Å². The maximum absolute atomic E-state index is 13.3. The molecule has 0 bridgehead atoms. The highest BCUT2D eigenvalue weighted by molar-refractivity contribution is 7.89. The van der Waals surface area contributed by atoms with Crippen molar-refractivity contribution in [2.75, 3.05) is 44.9 Å². The number of benzene rings is 2. The van der Waals surface area contributed by atoms with Crippen LogP contribution in [0, 0.1) is 0 Å². The van der Waals surface area contributed by atoms with Gasteiger partial charge in [0.15, 0.2) is 11.5 Å². The summed E-state index contributed by atoms with van der Waals surface area (Å²) in [6, 6.07) is 13.7. The molecule has 3 aromatic rings. The van der Waals surface area contributed by atoms with Gasteiger partial charge in [-0.1, -0.05) is 12.1 Å². The maximum atomic E-state index is 13.3. The van der Waals surface area contributed by atoms with E-state index in [0.717, 1.165) is 24.3 Å². The summed E-state index contributed by atoms with van der Waals surface area (Å²) >= 11 is 0. The van der Waals surface area contributed by atoms with Gasteiger partial charge in [0.05, 0.1) is 37.5 Å². The van der Waals surface area contributed by atoms with Crippen LogP contribution in [0.2, 0.25) is 0 Å². The second-order valence-corrected chi connectivity index (χ2v) is 9.99. The van der Waals surface area contributed by atoms with E-state index in [4.69, 9.17) is 19.2 Å². The van der Waals surface area contributed by atoms with E-state index in [2.05, 4.69) is 9.88 Å². The van der Waals surface area contributed by atoms with Crippen LogP contribution in [-0.2, 0) is 27.7 Å². The summed E-state index contributed by atoms with van der Waals surface area (Å²) in [6.45, 7) is 3.33. The summed E-state index contributed by atoms with van der Waals surface area (Å²) in [5, 5.41) is 0. The molecule has 2 aliphatic heterocycles. The highest BCUT2D eigenvalue weighted by atomic mass is 32.2. The fourth-order valence-corrected chi connectivity index (χ4v) is 5.45. The molecule has 0 atom stereocenters. The van der Waals surface area contributed by atoms with Crippen LogP contribution >= 0.6 is 0 Å². The zero-order valence-corrected chi connectivity index (χ0v) is 19.7. The lowest BCUT2D eigenvalue weighted by Gasteiger charge is -2.30. The highest BCUT2D eigenvalue weighted by Crippen LogP contribution is 2.32. The van der Waals surface area contributed by atoms with Crippen LogP contribution in [0.3, 0.4) is 0 Å². The number of nitrogens with zero attached hydrogens (tertiary/aromatic N) is 4. The third kappa shape index (κ3) is 4.56. The van der Waals surface area contributed by atoms with E-state index in [-0.39, 0.29) is 11.4 Å². The van der Waals surface area contributed by atoms with Crippen molar-refractivity contribution in [3.05, 3.63) is 66.0 Å². The van der Waals surface area contributed by atoms with Crippen molar-refractivity contribution in [2.45, 2.75) is 17.9 Å². The Bertz CT molecular complexity index is 1260. The molecular formula is C24H26N4O5S. The van der Waals surface area contributed by atoms with Crippen molar-refractivity contribution >= 4 is 16.0 Å². The minimum absolute atomic E-state index is 0.214. The summed E-state index contributed by atoms with van der Waals surface area (Å²) < 4.78 is 44.7. The first kappa shape index (κ1) is 22.6. The predicted octanol–water partition coefficient (Wildman–Crippen LogP) is 2.86. The van der Waals surface area contributed by atoms with Crippen LogP contribution in [0.15, 0.2) is 59.6 Å². The van der Waals surface area contributed by atoms with E-state index in [9.17, 15) is 8.42 Å². The SMILES string of the molecule is COc1ccccc1Oc1ccc(S(=O)(=O)N2CCc3cnc(N4CCOCC4)nc3C2)cc1. The molecule has 9 nitrogen and oxygen atoms in total. The molecule has 1 saturated heterocycles. The van der Waals surface area contributed by atoms with Gasteiger partial charge in [0.1, 0.15) is 5.75 Å². The molecule has 1 fully saturated rings. The molecule has 0 saturated carbocycles. The predicted molar refractivity (Wildman–Crippen MR) is 126 cm³/mol. The van der Waals surface area contributed by atoms with E-state index in [1.165, 1.54) is 4.31 Å². The van der Waals surface area contributed by atoms with Crippen LogP contribution in [0.4, 0.5) is 5.95 Å². The monoisotopic (exact) mass is 482 g/mol. The summed E-state index contributed by atoms with van der Waals surface area (Å²) in [4.78, 5) is 11.5. The Morgan fingerprint density at radius 1 is 0.971 bits per heavy atom. The number of ether oxygens (including phenoxy) is 3. The van der Waals surface area contributed by atoms with E-state index in [0.29, 0.717) is 49.4 Å². The second kappa shape index (κ2) is 9.57. The number of aromatic nitrogens is 2. The number of sulfonamides is 1. The molecule has 0 unspecified atom stereocenters. The molecule has 34 heavy (non-hydrogen) atoms. The Morgan fingerprint density at radius 2 is 1.71 bits per heavy atom. The number of hydrogen-bond donors (Lipinski definition) is 0. The van der Waals surface area contributed by atoms with Crippen molar-refractivity contribution in [1.29, 1.82) is 0 Å². The molecule has 178 valence electrons. The summed E-state index contributed by atoms with van der Waals surface area (Å²) in [7, 11) is -2.11. The largest absolute Gasteiger partial charge is 0.493 e. The van der Waals surface area contributed by atoms with Crippen molar-refractivity contribution < 1.29 is 22.6 Å². The number of para-hydroxylation sites is 2. The van der Waals surface area contributed by atoms with Gasteiger partial charge in [0, 0.05) is 25.8 Å². The number of anilines is 1. The van der Waals surface area contributed by atoms with Crippen molar-refractivity contribution in [3.8, 4) is 17.2 Å². The average Bonchev–Trinajstić information content (AvgIpc) is 2.89. The first-order valence-electron chi connectivity index (χ1n) is 11.1. The molecule has 2 aromatic carbocycles. The number of morpholine rings is 1. The van der Waals surface area contributed by atoms with Crippen LogP contribution in [0.1, 0.15) is 11.3 Å². The minimum Gasteiger partial charge on any atom is -0.493 e. The van der Waals surface area contributed by atoms with Gasteiger partial charge in [-0.3, -0.25) is 0 Å². The lowest BCUT2D eigenvalue weighted by molar-refractivity contribution is 0.122. The Morgan fingerprint density at radius 3 is 2.44 bits per heavy atom. The number of hydrogen-bond acceptors (Lipinski definition) is 8. The summed E-state index contributed by atoms with van der Waals surface area (Å²) in [5.74, 6) is 2.31. The third-order valence-corrected chi connectivity index (χ3v) is 7.81. The average molecular weight is 483 g/mol. The summed E-state index contributed by atoms with van der Waals surface area (Å²) in [6.07, 6.45) is 2.40. The lowest BCUT2D eigenvalue weighted by atomic mass is 10.1. The molecular weight excluding hydrogens is 456 g/mol. The van der Waals surface area contributed by atoms with Crippen molar-refractivity contribution in [2.24, 2.45) is 0 Å². The van der Waals surface area contributed by atoms with E-state index >= 15 is 0 Å². The van der Waals surface area contributed by atoms with Gasteiger partial charge in [0.25, 0.3) is 0 Å². The molecule has 10 heteroatoms. The molecule has 0 radical (unpaired) electrons. The van der Waals surface area contributed by atoms with E-state index < -0.39 is 10.0 Å². The normalized spacial score (nSPS) is 16.7. The van der Waals surface area contributed by atoms with Gasteiger partial charge in [0.2, 0.25) is 16.0 Å². The Balaban J connectivity index is 1.32. The van der Waals surface area contributed by atoms with Crippen molar-refractivity contribution in [3.63, 3.8) is 0 Å². The zero-order chi connectivity index (χ0) is 23.5. The number of fused-ring (bicyclic) bond motifs is 1. The fraction of sp³-hybridized carbons (Fsp3) is 0.333. The first-order valence-corrected chi connectivity index (χ1v) is 12.6.